The van der Waals surface area contributed by atoms with Gasteiger partial charge in [-0.1, -0.05) is 11.6 Å². The number of amides is 2. The van der Waals surface area contributed by atoms with Gasteiger partial charge in [0.05, 0.1) is 0 Å². The van der Waals surface area contributed by atoms with Gasteiger partial charge in [-0.3, -0.25) is 14.2 Å². The molecule has 2 amide bonds. The number of aryl methyl sites for hydroxylation is 2. The third-order valence-electron chi connectivity index (χ3n) is 6.09. The lowest BCUT2D eigenvalue weighted by molar-refractivity contribution is -0.127. The number of nitrogens with one attached hydrogen (secondary N) is 1. The molecule has 30 heavy (non-hydrogen) atoms. The van der Waals surface area contributed by atoms with Crippen molar-refractivity contribution in [1.82, 2.24) is 24.6 Å². The van der Waals surface area contributed by atoms with Crippen molar-refractivity contribution >= 4 is 23.4 Å². The number of hydrogen-bond acceptors (Lipinski definition) is 4. The van der Waals surface area contributed by atoms with Gasteiger partial charge in [-0.25, -0.2) is 9.48 Å². The van der Waals surface area contributed by atoms with Gasteiger partial charge in [-0.2, -0.15) is 5.10 Å². The van der Waals surface area contributed by atoms with Gasteiger partial charge in [-0.05, 0) is 49.9 Å². The molecule has 2 aliphatic heterocycles. The molecule has 2 aromatic rings. The number of halogens is 1. The second-order valence-corrected chi connectivity index (χ2v) is 8.52. The summed E-state index contributed by atoms with van der Waals surface area (Å²) in [5.41, 5.74) is 0.513. The lowest BCUT2D eigenvalue weighted by Gasteiger charge is -2.32. The smallest absolute Gasteiger partial charge is 0.345 e. The van der Waals surface area contributed by atoms with Crippen LogP contribution in [0.4, 0.5) is 0 Å². The molecule has 1 aromatic heterocycles. The van der Waals surface area contributed by atoms with Gasteiger partial charge < -0.3 is 10.2 Å². The quantitative estimate of drug-likeness (QED) is 0.799. The molecule has 0 radical (unpaired) electrons. The summed E-state index contributed by atoms with van der Waals surface area (Å²) in [7, 11) is 1.66. The number of piperidine rings is 1. The Bertz CT molecular complexity index is 989. The molecule has 1 saturated heterocycles. The number of nitrogens with zero attached hydrogens (tertiary/aromatic N) is 4. The highest BCUT2D eigenvalue weighted by atomic mass is 35.5. The van der Waals surface area contributed by atoms with E-state index in [9.17, 15) is 14.4 Å². The van der Waals surface area contributed by atoms with Crippen LogP contribution in [0.3, 0.4) is 0 Å². The number of hydrogen-bond donors (Lipinski definition) is 1. The number of likely N-dealkylation sites (tertiary alicyclic amines) is 1. The zero-order chi connectivity index (χ0) is 21.3. The fraction of sp³-hybridized carbons (Fsp3) is 0.524. The first kappa shape index (κ1) is 20.7. The van der Waals surface area contributed by atoms with Gasteiger partial charge in [0.2, 0.25) is 5.91 Å². The lowest BCUT2D eigenvalue weighted by atomic mass is 9.94. The molecule has 160 valence electrons. The largest absolute Gasteiger partial charge is 0.353 e. The van der Waals surface area contributed by atoms with Crippen LogP contribution in [0.5, 0.6) is 0 Å². The van der Waals surface area contributed by atoms with Crippen LogP contribution >= 0.6 is 11.6 Å². The Labute approximate surface area is 179 Å². The van der Waals surface area contributed by atoms with Crippen molar-refractivity contribution in [3.05, 3.63) is 51.2 Å². The molecule has 1 N–H and O–H groups in total. The molecule has 0 saturated carbocycles. The molecule has 0 spiro atoms. The molecule has 1 aromatic carbocycles. The number of carbonyl (C=O) groups is 2. The standard InChI is InChI=1S/C21H26ClN5O3/c1-25-21(30)27-13-10-17(6-7-18(27)24-25)23-19(28)14-8-11-26(12-9-14)20(29)15-2-4-16(22)5-3-15/h2-5,14,17H,6-13H2,1H3,(H,23,28). The Balaban J connectivity index is 1.28. The summed E-state index contributed by atoms with van der Waals surface area (Å²) in [6, 6.07) is 6.92. The molecule has 1 atom stereocenters. The summed E-state index contributed by atoms with van der Waals surface area (Å²) in [6.07, 6.45) is 3.48. The maximum Gasteiger partial charge on any atom is 0.345 e. The predicted molar refractivity (Wildman–Crippen MR) is 112 cm³/mol. The van der Waals surface area contributed by atoms with Crippen LogP contribution < -0.4 is 11.0 Å². The maximum absolute atomic E-state index is 12.8. The topological polar surface area (TPSA) is 89.2 Å². The van der Waals surface area contributed by atoms with Crippen molar-refractivity contribution in [2.75, 3.05) is 13.1 Å². The van der Waals surface area contributed by atoms with Gasteiger partial charge in [-0.15, -0.1) is 0 Å². The SMILES string of the molecule is Cn1nc2n(c1=O)CCC(NC(=O)C1CCN(C(=O)c3ccc(Cl)cc3)CC1)CC2. The summed E-state index contributed by atoms with van der Waals surface area (Å²) < 4.78 is 3.07. The summed E-state index contributed by atoms with van der Waals surface area (Å²) >= 11 is 5.89. The van der Waals surface area contributed by atoms with E-state index < -0.39 is 0 Å². The molecule has 0 aliphatic carbocycles. The van der Waals surface area contributed by atoms with Crippen LogP contribution in [0.1, 0.15) is 41.9 Å². The summed E-state index contributed by atoms with van der Waals surface area (Å²) in [6.45, 7) is 1.70. The van der Waals surface area contributed by atoms with E-state index in [1.807, 2.05) is 0 Å². The second-order valence-electron chi connectivity index (χ2n) is 8.08. The van der Waals surface area contributed by atoms with E-state index in [2.05, 4.69) is 10.4 Å². The highest BCUT2D eigenvalue weighted by Gasteiger charge is 2.29. The molecular formula is C21H26ClN5O3. The van der Waals surface area contributed by atoms with Crippen molar-refractivity contribution in [3.63, 3.8) is 0 Å². The number of fused-ring (bicyclic) bond motifs is 1. The van der Waals surface area contributed by atoms with E-state index in [0.717, 1.165) is 18.7 Å². The number of benzene rings is 1. The number of aromatic nitrogens is 3. The minimum atomic E-state index is -0.102. The predicted octanol–water partition coefficient (Wildman–Crippen LogP) is 1.61. The Morgan fingerprint density at radius 1 is 1.07 bits per heavy atom. The van der Waals surface area contributed by atoms with E-state index in [-0.39, 0.29) is 29.5 Å². The summed E-state index contributed by atoms with van der Waals surface area (Å²) in [5.74, 6) is 0.719. The Morgan fingerprint density at radius 2 is 1.77 bits per heavy atom. The molecule has 1 fully saturated rings. The van der Waals surface area contributed by atoms with E-state index in [0.29, 0.717) is 49.5 Å². The molecule has 0 bridgehead atoms. The Kier molecular flexibility index (Phi) is 5.94. The van der Waals surface area contributed by atoms with E-state index in [1.54, 1.807) is 40.8 Å². The monoisotopic (exact) mass is 431 g/mol. The van der Waals surface area contributed by atoms with Crippen molar-refractivity contribution in [2.45, 2.75) is 44.7 Å². The summed E-state index contributed by atoms with van der Waals surface area (Å²) in [5, 5.41) is 8.04. The van der Waals surface area contributed by atoms with Crippen molar-refractivity contribution in [1.29, 1.82) is 0 Å². The average molecular weight is 432 g/mol. The zero-order valence-corrected chi connectivity index (χ0v) is 17.8. The first-order valence-electron chi connectivity index (χ1n) is 10.4. The van der Waals surface area contributed by atoms with Crippen LogP contribution in [0, 0.1) is 5.92 Å². The first-order chi connectivity index (χ1) is 14.4. The number of carbonyl (C=O) groups excluding carboxylic acids is 2. The molecule has 8 nitrogen and oxygen atoms in total. The average Bonchev–Trinajstić information content (AvgIpc) is 2.90. The minimum Gasteiger partial charge on any atom is -0.353 e. The molecule has 3 heterocycles. The molecule has 9 heteroatoms. The van der Waals surface area contributed by atoms with Crippen LogP contribution in [0.25, 0.3) is 0 Å². The zero-order valence-electron chi connectivity index (χ0n) is 17.0. The highest BCUT2D eigenvalue weighted by molar-refractivity contribution is 6.30. The van der Waals surface area contributed by atoms with E-state index in [1.165, 1.54) is 4.68 Å². The van der Waals surface area contributed by atoms with Crippen molar-refractivity contribution in [2.24, 2.45) is 13.0 Å². The molecular weight excluding hydrogens is 406 g/mol. The fourth-order valence-electron chi connectivity index (χ4n) is 4.28. The Morgan fingerprint density at radius 3 is 2.47 bits per heavy atom. The lowest BCUT2D eigenvalue weighted by Crippen LogP contribution is -2.45. The normalized spacial score (nSPS) is 19.8. The van der Waals surface area contributed by atoms with Crippen molar-refractivity contribution in [3.8, 4) is 0 Å². The third-order valence-corrected chi connectivity index (χ3v) is 6.34. The van der Waals surface area contributed by atoms with Crippen LogP contribution in [0.2, 0.25) is 5.02 Å². The molecule has 1 unspecified atom stereocenters. The molecule has 4 rings (SSSR count). The maximum atomic E-state index is 12.8. The van der Waals surface area contributed by atoms with Gasteiger partial charge in [0, 0.05) is 55.6 Å². The van der Waals surface area contributed by atoms with Crippen LogP contribution in [-0.4, -0.2) is 50.2 Å². The fourth-order valence-corrected chi connectivity index (χ4v) is 4.41. The van der Waals surface area contributed by atoms with Gasteiger partial charge in [0.1, 0.15) is 5.82 Å². The third kappa shape index (κ3) is 4.28. The highest BCUT2D eigenvalue weighted by Crippen LogP contribution is 2.21. The van der Waals surface area contributed by atoms with Gasteiger partial charge in [0.15, 0.2) is 0 Å². The van der Waals surface area contributed by atoms with Crippen LogP contribution in [-0.2, 0) is 24.8 Å². The number of rotatable bonds is 3. The minimum absolute atomic E-state index is 0.0229. The van der Waals surface area contributed by atoms with E-state index >= 15 is 0 Å². The van der Waals surface area contributed by atoms with Crippen molar-refractivity contribution < 1.29 is 9.59 Å². The van der Waals surface area contributed by atoms with Crippen LogP contribution in [0.15, 0.2) is 29.1 Å². The summed E-state index contributed by atoms with van der Waals surface area (Å²) in [4.78, 5) is 39.3. The van der Waals surface area contributed by atoms with E-state index in [4.69, 9.17) is 11.6 Å². The Hall–Kier alpha value is -2.61. The van der Waals surface area contributed by atoms with Gasteiger partial charge in [0.25, 0.3) is 5.91 Å². The second kappa shape index (κ2) is 8.63. The first-order valence-corrected chi connectivity index (χ1v) is 10.8. The van der Waals surface area contributed by atoms with Gasteiger partial charge >= 0.3 is 5.69 Å². The molecule has 2 aliphatic rings.